The third-order valence-corrected chi connectivity index (χ3v) is 6.37. The molecule has 0 aromatic heterocycles. The van der Waals surface area contributed by atoms with E-state index in [4.69, 9.17) is 25.9 Å². The molecule has 2 aromatic carbocycles. The van der Waals surface area contributed by atoms with Crippen molar-refractivity contribution in [2.45, 2.75) is 23.4 Å². The van der Waals surface area contributed by atoms with Crippen molar-refractivity contribution in [1.29, 1.82) is 0 Å². The van der Waals surface area contributed by atoms with Crippen LogP contribution in [0.4, 0.5) is 13.2 Å². The minimum Gasteiger partial charge on any atom is -0.486 e. The summed E-state index contributed by atoms with van der Waals surface area (Å²) in [5.74, 6) is -1.44. The molecule has 33 heavy (non-hydrogen) atoms. The number of nitrogens with one attached hydrogen (secondary N) is 1. The first kappa shape index (κ1) is 25.1. The lowest BCUT2D eigenvalue weighted by Gasteiger charge is -2.26. The molecule has 180 valence electrons. The lowest BCUT2D eigenvalue weighted by molar-refractivity contribution is -0.169. The number of benzene rings is 2. The molecular formula is C20H20ClF3N2O6S. The summed E-state index contributed by atoms with van der Waals surface area (Å²) in [5, 5.41) is 3.83. The van der Waals surface area contributed by atoms with Gasteiger partial charge in [0, 0.05) is 12.5 Å². The Bertz CT molecular complexity index is 1160. The largest absolute Gasteiger partial charge is 0.486 e. The number of hydrogen-bond acceptors (Lipinski definition) is 6. The van der Waals surface area contributed by atoms with E-state index in [2.05, 4.69) is 11.1 Å². The molecule has 0 spiro atoms. The molecule has 0 bridgehead atoms. The van der Waals surface area contributed by atoms with Gasteiger partial charge in [0.05, 0.1) is 9.92 Å². The topological polar surface area (TPSA) is 128 Å². The Morgan fingerprint density at radius 3 is 2.45 bits per heavy atom. The fraction of sp³-hybridized carbons (Fsp3) is 0.350. The number of hydrogen-bond donors (Lipinski definition) is 3. The minimum absolute atomic E-state index is 0.0920. The van der Waals surface area contributed by atoms with Gasteiger partial charge in [-0.1, -0.05) is 29.8 Å². The van der Waals surface area contributed by atoms with E-state index in [0.717, 1.165) is 11.1 Å². The lowest BCUT2D eigenvalue weighted by atomic mass is 9.87. The summed E-state index contributed by atoms with van der Waals surface area (Å²) in [6.45, 7) is 2.11. The highest BCUT2D eigenvalue weighted by molar-refractivity contribution is 7.85. The van der Waals surface area contributed by atoms with Crippen molar-refractivity contribution in [1.82, 2.24) is 5.32 Å². The number of ether oxygens (including phenoxy) is 2. The van der Waals surface area contributed by atoms with Crippen LogP contribution in [0.15, 0.2) is 35.2 Å². The SMILES string of the molecule is NC(=O)C(F)(F)F.O=S(=O)(O)c1ccccc1C1CNCCc2c1cc1c(c2Cl)OCCO1. The summed E-state index contributed by atoms with van der Waals surface area (Å²) in [7, 11) is -4.34. The highest BCUT2D eigenvalue weighted by Gasteiger charge is 2.35. The highest BCUT2D eigenvalue weighted by atomic mass is 35.5. The maximum atomic E-state index is 11.9. The standard InChI is InChI=1S/C18H18ClNO5S.C2H2F3NO/c19-17-12-5-6-20-10-14(11-3-1-2-4-16(11)26(21,22)23)13(12)9-15-18(17)25-8-7-24-15;3-2(4,5)1(6)7/h1-4,9,14,20H,5-8,10H2,(H,21,22,23);(H2,6,7). The normalized spacial score (nSPS) is 17.8. The van der Waals surface area contributed by atoms with Gasteiger partial charge in [0.15, 0.2) is 11.5 Å². The first-order valence-corrected chi connectivity index (χ1v) is 11.5. The molecule has 2 aromatic rings. The molecule has 4 N–H and O–H groups in total. The molecule has 0 fully saturated rings. The Labute approximate surface area is 192 Å². The van der Waals surface area contributed by atoms with Crippen LogP contribution >= 0.6 is 11.6 Å². The Balaban J connectivity index is 0.000000383. The fourth-order valence-corrected chi connectivity index (χ4v) is 4.73. The van der Waals surface area contributed by atoms with Gasteiger partial charge in [-0.2, -0.15) is 21.6 Å². The smallest absolute Gasteiger partial charge is 0.470 e. The number of carbonyl (C=O) groups is 1. The van der Waals surface area contributed by atoms with E-state index in [9.17, 15) is 26.1 Å². The maximum absolute atomic E-state index is 11.9. The van der Waals surface area contributed by atoms with Crippen LogP contribution in [0.1, 0.15) is 22.6 Å². The van der Waals surface area contributed by atoms with Crippen LogP contribution in [0.3, 0.4) is 0 Å². The molecule has 13 heteroatoms. The molecule has 1 unspecified atom stereocenters. The van der Waals surface area contributed by atoms with Crippen molar-refractivity contribution in [3.63, 3.8) is 0 Å². The number of rotatable bonds is 2. The summed E-state index contributed by atoms with van der Waals surface area (Å²) in [4.78, 5) is 9.03. The fourth-order valence-electron chi connectivity index (χ4n) is 3.62. The van der Waals surface area contributed by atoms with Crippen LogP contribution in [0, 0.1) is 0 Å². The van der Waals surface area contributed by atoms with Gasteiger partial charge in [-0.3, -0.25) is 9.35 Å². The zero-order valence-electron chi connectivity index (χ0n) is 17.0. The van der Waals surface area contributed by atoms with Crippen LogP contribution in [-0.2, 0) is 21.3 Å². The number of carbonyl (C=O) groups excluding carboxylic acids is 1. The van der Waals surface area contributed by atoms with E-state index in [1.54, 1.807) is 18.2 Å². The molecule has 1 atom stereocenters. The Morgan fingerprint density at radius 1 is 1.18 bits per heavy atom. The molecule has 0 aliphatic carbocycles. The van der Waals surface area contributed by atoms with Crippen molar-refractivity contribution < 1.29 is 40.4 Å². The van der Waals surface area contributed by atoms with Gasteiger partial charge in [-0.05, 0) is 41.8 Å². The molecule has 8 nitrogen and oxygen atoms in total. The van der Waals surface area contributed by atoms with E-state index >= 15 is 0 Å². The first-order valence-electron chi connectivity index (χ1n) is 9.66. The van der Waals surface area contributed by atoms with Crippen LogP contribution in [0.2, 0.25) is 5.02 Å². The zero-order chi connectivity index (χ0) is 24.4. The average Bonchev–Trinajstić information content (AvgIpc) is 2.96. The van der Waals surface area contributed by atoms with Gasteiger partial charge in [0.1, 0.15) is 13.2 Å². The van der Waals surface area contributed by atoms with Gasteiger partial charge < -0.3 is 20.5 Å². The molecule has 0 saturated carbocycles. The second-order valence-corrected chi connectivity index (χ2v) is 8.93. The monoisotopic (exact) mass is 508 g/mol. The molecule has 2 aliphatic rings. The van der Waals surface area contributed by atoms with Gasteiger partial charge in [0.2, 0.25) is 0 Å². The lowest BCUT2D eigenvalue weighted by Crippen LogP contribution is -2.30. The third kappa shape index (κ3) is 5.69. The molecule has 1 amide bonds. The van der Waals surface area contributed by atoms with Gasteiger partial charge >= 0.3 is 12.1 Å². The van der Waals surface area contributed by atoms with Gasteiger partial charge in [-0.15, -0.1) is 0 Å². The Morgan fingerprint density at radius 2 is 1.82 bits per heavy atom. The predicted octanol–water partition coefficient (Wildman–Crippen LogP) is 2.67. The summed E-state index contributed by atoms with van der Waals surface area (Å²) in [5.41, 5.74) is 6.13. The van der Waals surface area contributed by atoms with E-state index in [0.29, 0.717) is 54.8 Å². The highest BCUT2D eigenvalue weighted by Crippen LogP contribution is 2.45. The van der Waals surface area contributed by atoms with E-state index in [-0.39, 0.29) is 10.8 Å². The quantitative estimate of drug-likeness (QED) is 0.532. The number of fused-ring (bicyclic) bond motifs is 2. The number of halogens is 4. The molecular weight excluding hydrogens is 489 g/mol. The van der Waals surface area contributed by atoms with Crippen LogP contribution in [-0.4, -0.2) is 51.4 Å². The number of amides is 1. The minimum atomic E-state index is -4.86. The predicted molar refractivity (Wildman–Crippen MR) is 112 cm³/mol. The molecule has 0 saturated heterocycles. The number of alkyl halides is 3. The summed E-state index contributed by atoms with van der Waals surface area (Å²) >= 11 is 6.60. The van der Waals surface area contributed by atoms with Crippen LogP contribution in [0.25, 0.3) is 0 Å². The Kier molecular flexibility index (Phi) is 7.42. The summed E-state index contributed by atoms with van der Waals surface area (Å²) in [6.07, 6.45) is -4.17. The van der Waals surface area contributed by atoms with Crippen molar-refractivity contribution in [3.05, 3.63) is 52.0 Å². The Hall–Kier alpha value is -2.54. The third-order valence-electron chi connectivity index (χ3n) is 5.04. The second kappa shape index (κ2) is 9.75. The van der Waals surface area contributed by atoms with Crippen molar-refractivity contribution >= 4 is 27.6 Å². The van der Waals surface area contributed by atoms with E-state index in [1.165, 1.54) is 6.07 Å². The average molecular weight is 509 g/mol. The van der Waals surface area contributed by atoms with Gasteiger partial charge in [0.25, 0.3) is 10.1 Å². The maximum Gasteiger partial charge on any atom is 0.470 e. The zero-order valence-corrected chi connectivity index (χ0v) is 18.6. The summed E-state index contributed by atoms with van der Waals surface area (Å²) < 4.78 is 76.8. The van der Waals surface area contributed by atoms with Crippen molar-refractivity contribution in [3.8, 4) is 11.5 Å². The van der Waals surface area contributed by atoms with Crippen LogP contribution < -0.4 is 20.5 Å². The van der Waals surface area contributed by atoms with Crippen LogP contribution in [0.5, 0.6) is 11.5 Å². The van der Waals surface area contributed by atoms with Crippen molar-refractivity contribution in [2.24, 2.45) is 5.73 Å². The molecule has 4 rings (SSSR count). The van der Waals surface area contributed by atoms with Crippen molar-refractivity contribution in [2.75, 3.05) is 26.3 Å². The van der Waals surface area contributed by atoms with E-state index < -0.39 is 22.2 Å². The van der Waals surface area contributed by atoms with E-state index in [1.807, 2.05) is 6.07 Å². The second-order valence-electron chi connectivity index (χ2n) is 7.16. The van der Waals surface area contributed by atoms with Gasteiger partial charge in [-0.25, -0.2) is 0 Å². The first-order chi connectivity index (χ1) is 15.4. The molecule has 2 heterocycles. The molecule has 2 aliphatic heterocycles. The number of primary amides is 1. The molecule has 0 radical (unpaired) electrons. The summed E-state index contributed by atoms with van der Waals surface area (Å²) in [6, 6.07) is 8.36. The number of nitrogens with two attached hydrogens (primary N) is 1.